The molecular formula is C18H14FN5O2S2. The summed E-state index contributed by atoms with van der Waals surface area (Å²) in [5.41, 5.74) is 1.17. The number of rotatable bonds is 7. The molecule has 0 bridgehead atoms. The Kier molecular flexibility index (Phi) is 5.49. The molecule has 0 spiro atoms. The van der Waals surface area contributed by atoms with E-state index in [0.29, 0.717) is 32.6 Å². The molecule has 4 rings (SSSR count). The van der Waals surface area contributed by atoms with E-state index < -0.39 is 0 Å². The lowest BCUT2D eigenvalue weighted by Crippen LogP contribution is -1.92. The van der Waals surface area contributed by atoms with Gasteiger partial charge in [-0.3, -0.25) is 0 Å². The van der Waals surface area contributed by atoms with Crippen LogP contribution in [0.3, 0.4) is 0 Å². The molecule has 0 aliphatic rings. The second-order valence-corrected chi connectivity index (χ2v) is 7.71. The van der Waals surface area contributed by atoms with Crippen molar-refractivity contribution in [1.29, 1.82) is 0 Å². The molecule has 28 heavy (non-hydrogen) atoms. The zero-order valence-corrected chi connectivity index (χ0v) is 16.3. The van der Waals surface area contributed by atoms with E-state index in [4.69, 9.17) is 9.26 Å². The number of hydrogen-bond acceptors (Lipinski definition) is 9. The minimum Gasteiger partial charge on any atom is -0.497 e. The highest BCUT2D eigenvalue weighted by molar-refractivity contribution is 8.00. The summed E-state index contributed by atoms with van der Waals surface area (Å²) in [7, 11) is 1.61. The lowest BCUT2D eigenvalue weighted by Gasteiger charge is -2.01. The molecule has 0 aliphatic heterocycles. The topological polar surface area (TPSA) is 86.0 Å². The van der Waals surface area contributed by atoms with Crippen molar-refractivity contribution in [3.63, 3.8) is 0 Å². The third-order valence-electron chi connectivity index (χ3n) is 3.64. The summed E-state index contributed by atoms with van der Waals surface area (Å²) >= 11 is 2.74. The Bertz CT molecular complexity index is 1090. The number of anilines is 2. The van der Waals surface area contributed by atoms with Crippen LogP contribution in [0.1, 0.15) is 5.89 Å². The minimum atomic E-state index is -0.345. The van der Waals surface area contributed by atoms with E-state index in [0.717, 1.165) is 11.3 Å². The minimum absolute atomic E-state index is 0.345. The van der Waals surface area contributed by atoms with Crippen molar-refractivity contribution in [2.75, 3.05) is 12.4 Å². The Morgan fingerprint density at radius 1 is 1.18 bits per heavy atom. The molecule has 2 heterocycles. The van der Waals surface area contributed by atoms with E-state index >= 15 is 0 Å². The normalized spacial score (nSPS) is 10.8. The van der Waals surface area contributed by atoms with Crippen LogP contribution in [0.25, 0.3) is 11.4 Å². The van der Waals surface area contributed by atoms with Gasteiger partial charge in [-0.25, -0.2) is 4.39 Å². The molecular weight excluding hydrogens is 401 g/mol. The molecule has 142 valence electrons. The maximum absolute atomic E-state index is 13.7. The average Bonchev–Trinajstić information content (AvgIpc) is 3.38. The molecule has 0 saturated carbocycles. The van der Waals surface area contributed by atoms with Gasteiger partial charge in [0.05, 0.1) is 18.6 Å². The van der Waals surface area contributed by atoms with E-state index in [-0.39, 0.29) is 5.82 Å². The smallest absolute Gasteiger partial charge is 0.237 e. The molecule has 0 saturated heterocycles. The second kappa shape index (κ2) is 8.36. The van der Waals surface area contributed by atoms with E-state index in [1.807, 2.05) is 24.3 Å². The maximum atomic E-state index is 13.7. The number of hydrogen-bond donors (Lipinski definition) is 1. The van der Waals surface area contributed by atoms with E-state index in [2.05, 4.69) is 25.7 Å². The fourth-order valence-corrected chi connectivity index (χ4v) is 3.91. The highest BCUT2D eigenvalue weighted by Gasteiger charge is 2.12. The number of halogens is 1. The molecule has 10 heteroatoms. The van der Waals surface area contributed by atoms with Crippen LogP contribution in [-0.4, -0.2) is 27.4 Å². The van der Waals surface area contributed by atoms with Gasteiger partial charge in [-0.2, -0.15) is 4.98 Å². The van der Waals surface area contributed by atoms with Gasteiger partial charge in [0, 0.05) is 5.56 Å². The van der Waals surface area contributed by atoms with Crippen molar-refractivity contribution in [2.24, 2.45) is 0 Å². The average molecular weight is 415 g/mol. The third-order valence-corrected chi connectivity index (χ3v) is 5.59. The monoisotopic (exact) mass is 415 g/mol. The molecule has 0 radical (unpaired) electrons. The second-order valence-electron chi connectivity index (χ2n) is 5.51. The number of aromatic nitrogens is 4. The highest BCUT2D eigenvalue weighted by atomic mass is 32.2. The summed E-state index contributed by atoms with van der Waals surface area (Å²) in [6.07, 6.45) is 0. The van der Waals surface area contributed by atoms with Crippen molar-refractivity contribution in [3.05, 3.63) is 60.2 Å². The van der Waals surface area contributed by atoms with E-state index in [1.54, 1.807) is 25.3 Å². The third kappa shape index (κ3) is 4.29. The van der Waals surface area contributed by atoms with Crippen LogP contribution in [0.15, 0.2) is 57.4 Å². The first-order valence-corrected chi connectivity index (χ1v) is 9.96. The van der Waals surface area contributed by atoms with Crippen molar-refractivity contribution in [3.8, 4) is 17.1 Å². The van der Waals surface area contributed by atoms with Crippen LogP contribution >= 0.6 is 23.1 Å². The lowest BCUT2D eigenvalue weighted by atomic mass is 10.2. The van der Waals surface area contributed by atoms with Crippen molar-refractivity contribution < 1.29 is 13.7 Å². The summed E-state index contributed by atoms with van der Waals surface area (Å²) in [4.78, 5) is 4.39. The molecule has 7 nitrogen and oxygen atoms in total. The summed E-state index contributed by atoms with van der Waals surface area (Å²) < 4.78 is 24.9. The predicted molar refractivity (Wildman–Crippen MR) is 105 cm³/mol. The maximum Gasteiger partial charge on any atom is 0.237 e. The first kappa shape index (κ1) is 18.4. The van der Waals surface area contributed by atoms with Gasteiger partial charge < -0.3 is 14.6 Å². The molecule has 0 aliphatic carbocycles. The SMILES string of the molecule is COc1cccc(-c2noc(CSc3nnc(Nc4ccccc4F)s3)n2)c1. The zero-order chi connectivity index (χ0) is 19.3. The van der Waals surface area contributed by atoms with Gasteiger partial charge in [-0.05, 0) is 24.3 Å². The Morgan fingerprint density at radius 2 is 2.07 bits per heavy atom. The summed E-state index contributed by atoms with van der Waals surface area (Å²) in [6, 6.07) is 13.8. The first-order valence-electron chi connectivity index (χ1n) is 8.16. The van der Waals surface area contributed by atoms with Crippen molar-refractivity contribution >= 4 is 33.9 Å². The standard InChI is InChI=1S/C18H14FN5O2S2/c1-25-12-6-4-5-11(9-12)16-21-15(26-24-16)10-27-18-23-22-17(28-18)20-14-8-3-2-7-13(14)19/h2-9H,10H2,1H3,(H,20,22). The molecule has 2 aromatic carbocycles. The largest absolute Gasteiger partial charge is 0.497 e. The van der Waals surface area contributed by atoms with Crippen LogP contribution in [0.5, 0.6) is 5.75 Å². The first-order chi connectivity index (χ1) is 13.7. The summed E-state index contributed by atoms with van der Waals surface area (Å²) in [6.45, 7) is 0. The Hall–Kier alpha value is -2.98. The molecule has 4 aromatic rings. The number of benzene rings is 2. The van der Waals surface area contributed by atoms with Gasteiger partial charge in [-0.1, -0.05) is 52.5 Å². The zero-order valence-electron chi connectivity index (χ0n) is 14.6. The molecule has 0 unspecified atom stereocenters. The number of nitrogens with zero attached hydrogens (tertiary/aromatic N) is 4. The quantitative estimate of drug-likeness (QED) is 0.432. The van der Waals surface area contributed by atoms with Crippen molar-refractivity contribution in [1.82, 2.24) is 20.3 Å². The van der Waals surface area contributed by atoms with Gasteiger partial charge >= 0.3 is 0 Å². The number of ether oxygens (including phenoxy) is 1. The number of thioether (sulfide) groups is 1. The molecule has 0 amide bonds. The highest BCUT2D eigenvalue weighted by Crippen LogP contribution is 2.30. The molecule has 1 N–H and O–H groups in total. The van der Waals surface area contributed by atoms with Crippen LogP contribution < -0.4 is 10.1 Å². The lowest BCUT2D eigenvalue weighted by molar-refractivity contribution is 0.391. The number of para-hydroxylation sites is 1. The Balaban J connectivity index is 1.38. The molecule has 2 aromatic heterocycles. The van der Waals surface area contributed by atoms with Crippen LogP contribution in [-0.2, 0) is 5.75 Å². The molecule has 0 atom stereocenters. The Morgan fingerprint density at radius 3 is 2.93 bits per heavy atom. The van der Waals surface area contributed by atoms with Crippen molar-refractivity contribution in [2.45, 2.75) is 10.1 Å². The fraction of sp³-hybridized carbons (Fsp3) is 0.111. The van der Waals surface area contributed by atoms with Gasteiger partial charge in [-0.15, -0.1) is 10.2 Å². The fourth-order valence-electron chi connectivity index (χ4n) is 2.31. The molecule has 0 fully saturated rings. The Labute approximate surface area is 168 Å². The van der Waals surface area contributed by atoms with Crippen LogP contribution in [0.4, 0.5) is 15.2 Å². The van der Waals surface area contributed by atoms with E-state index in [1.165, 1.54) is 29.2 Å². The number of methoxy groups -OCH3 is 1. The van der Waals surface area contributed by atoms with Gasteiger partial charge in [0.1, 0.15) is 11.6 Å². The summed E-state index contributed by atoms with van der Waals surface area (Å²) in [5, 5.41) is 15.5. The summed E-state index contributed by atoms with van der Waals surface area (Å²) in [5.74, 6) is 1.80. The van der Waals surface area contributed by atoms with Crippen LogP contribution in [0, 0.1) is 5.82 Å². The van der Waals surface area contributed by atoms with Crippen LogP contribution in [0.2, 0.25) is 0 Å². The van der Waals surface area contributed by atoms with Gasteiger partial charge in [0.2, 0.25) is 16.8 Å². The van der Waals surface area contributed by atoms with Gasteiger partial charge in [0.25, 0.3) is 0 Å². The van der Waals surface area contributed by atoms with Gasteiger partial charge in [0.15, 0.2) is 4.34 Å². The number of nitrogens with one attached hydrogen (secondary N) is 1. The van der Waals surface area contributed by atoms with E-state index in [9.17, 15) is 4.39 Å². The predicted octanol–water partition coefficient (Wildman–Crippen LogP) is 4.77.